The third kappa shape index (κ3) is 2.28. The van der Waals surface area contributed by atoms with E-state index in [0.717, 1.165) is 13.1 Å². The summed E-state index contributed by atoms with van der Waals surface area (Å²) in [6.45, 7) is 1.99. The van der Waals surface area contributed by atoms with E-state index < -0.39 is 0 Å². The first-order chi connectivity index (χ1) is 9.85. The van der Waals surface area contributed by atoms with Gasteiger partial charge in [-0.1, -0.05) is 37.5 Å². The van der Waals surface area contributed by atoms with Crippen molar-refractivity contribution in [2.45, 2.75) is 43.8 Å². The summed E-state index contributed by atoms with van der Waals surface area (Å²) in [5.74, 6) is 0. The first-order valence-electron chi connectivity index (χ1n) is 7.72. The Hall–Kier alpha value is -0.900. The van der Waals surface area contributed by atoms with Crippen molar-refractivity contribution in [2.75, 3.05) is 13.1 Å². The van der Waals surface area contributed by atoms with E-state index in [-0.39, 0.29) is 11.7 Å². The Labute approximate surface area is 124 Å². The third-order valence-corrected chi connectivity index (χ3v) is 5.90. The normalized spacial score (nSPS) is 26.1. The monoisotopic (exact) mass is 287 g/mol. The number of hydrogen-bond acceptors (Lipinski definition) is 3. The Kier molecular flexibility index (Phi) is 3.29. The van der Waals surface area contributed by atoms with Gasteiger partial charge in [0, 0.05) is 22.7 Å². The van der Waals surface area contributed by atoms with Crippen molar-refractivity contribution < 1.29 is 4.74 Å². The molecule has 3 heteroatoms. The molecule has 1 saturated heterocycles. The summed E-state index contributed by atoms with van der Waals surface area (Å²) < 4.78 is 7.95. The van der Waals surface area contributed by atoms with Crippen molar-refractivity contribution in [2.24, 2.45) is 0 Å². The topological polar surface area (TPSA) is 21.3 Å². The lowest BCUT2D eigenvalue weighted by atomic mass is 9.83. The minimum absolute atomic E-state index is 0.108. The number of nitrogens with one attached hydrogen (secondary N) is 1. The van der Waals surface area contributed by atoms with Crippen LogP contribution in [0, 0.1) is 0 Å². The van der Waals surface area contributed by atoms with Crippen LogP contribution in [0.25, 0.3) is 10.1 Å². The molecule has 1 aliphatic heterocycles. The molecule has 4 rings (SSSR count). The van der Waals surface area contributed by atoms with Crippen LogP contribution >= 0.6 is 11.3 Å². The van der Waals surface area contributed by atoms with Gasteiger partial charge < -0.3 is 10.1 Å². The molecule has 1 atom stereocenters. The van der Waals surface area contributed by atoms with Gasteiger partial charge in [0.25, 0.3) is 0 Å². The van der Waals surface area contributed by atoms with Gasteiger partial charge in [-0.2, -0.15) is 0 Å². The van der Waals surface area contributed by atoms with E-state index >= 15 is 0 Å². The SMILES string of the molecule is c1ccc2sc(C3CNCC4(CCCCC4)O3)cc2c1. The summed E-state index contributed by atoms with van der Waals surface area (Å²) >= 11 is 1.89. The lowest BCUT2D eigenvalue weighted by molar-refractivity contribution is -0.134. The second-order valence-electron chi connectivity index (χ2n) is 6.17. The number of morpholine rings is 1. The Bertz CT molecular complexity index is 561. The smallest absolute Gasteiger partial charge is 0.105 e. The Balaban J connectivity index is 1.61. The summed E-state index contributed by atoms with van der Waals surface area (Å²) in [4.78, 5) is 1.38. The predicted octanol–water partition coefficient (Wildman–Crippen LogP) is 4.27. The van der Waals surface area contributed by atoms with Crippen LogP contribution in [0.3, 0.4) is 0 Å². The van der Waals surface area contributed by atoms with E-state index in [4.69, 9.17) is 4.74 Å². The van der Waals surface area contributed by atoms with Crippen molar-refractivity contribution >= 4 is 21.4 Å². The molecule has 0 amide bonds. The van der Waals surface area contributed by atoms with Crippen molar-refractivity contribution in [1.82, 2.24) is 5.32 Å². The molecule has 0 bridgehead atoms. The maximum Gasteiger partial charge on any atom is 0.105 e. The summed E-state index contributed by atoms with van der Waals surface area (Å²) in [5, 5.41) is 4.97. The Morgan fingerprint density at radius 1 is 1.15 bits per heavy atom. The molecule has 106 valence electrons. The highest BCUT2D eigenvalue weighted by atomic mass is 32.1. The average Bonchev–Trinajstić information content (AvgIpc) is 2.92. The lowest BCUT2D eigenvalue weighted by Crippen LogP contribution is -2.51. The fourth-order valence-corrected chi connectivity index (χ4v) is 4.72. The molecule has 20 heavy (non-hydrogen) atoms. The highest BCUT2D eigenvalue weighted by Crippen LogP contribution is 2.40. The molecule has 2 aliphatic rings. The van der Waals surface area contributed by atoms with Crippen LogP contribution in [-0.4, -0.2) is 18.7 Å². The van der Waals surface area contributed by atoms with Crippen molar-refractivity contribution in [1.29, 1.82) is 0 Å². The lowest BCUT2D eigenvalue weighted by Gasteiger charge is -2.44. The summed E-state index contributed by atoms with van der Waals surface area (Å²) in [5.41, 5.74) is 0.108. The van der Waals surface area contributed by atoms with Crippen molar-refractivity contribution in [3.63, 3.8) is 0 Å². The molecule has 2 nitrogen and oxygen atoms in total. The van der Waals surface area contributed by atoms with Crippen LogP contribution < -0.4 is 5.32 Å². The zero-order valence-electron chi connectivity index (χ0n) is 11.7. The van der Waals surface area contributed by atoms with E-state index in [1.807, 2.05) is 11.3 Å². The first-order valence-corrected chi connectivity index (χ1v) is 8.53. The number of thiophene rings is 1. The maximum atomic E-state index is 6.58. The largest absolute Gasteiger partial charge is 0.364 e. The van der Waals surface area contributed by atoms with Gasteiger partial charge in [0.15, 0.2) is 0 Å². The second kappa shape index (κ2) is 5.14. The molecular formula is C17H21NOS. The van der Waals surface area contributed by atoms with Gasteiger partial charge in [-0.25, -0.2) is 0 Å². The zero-order valence-corrected chi connectivity index (χ0v) is 12.5. The van der Waals surface area contributed by atoms with Crippen LogP contribution in [0.15, 0.2) is 30.3 Å². The van der Waals surface area contributed by atoms with Gasteiger partial charge in [0.1, 0.15) is 6.10 Å². The fourth-order valence-electron chi connectivity index (χ4n) is 3.63. The van der Waals surface area contributed by atoms with Crippen LogP contribution in [-0.2, 0) is 4.74 Å². The van der Waals surface area contributed by atoms with Gasteiger partial charge in [-0.05, 0) is 30.4 Å². The number of ether oxygens (including phenoxy) is 1. The number of rotatable bonds is 1. The Morgan fingerprint density at radius 2 is 2.00 bits per heavy atom. The highest BCUT2D eigenvalue weighted by Gasteiger charge is 2.39. The molecular weight excluding hydrogens is 266 g/mol. The minimum Gasteiger partial charge on any atom is -0.364 e. The van der Waals surface area contributed by atoms with Gasteiger partial charge in [0.2, 0.25) is 0 Å². The van der Waals surface area contributed by atoms with Gasteiger partial charge in [-0.15, -0.1) is 11.3 Å². The standard InChI is InChI=1S/C17H21NOS/c1-4-8-17(9-5-1)12-18-11-14(19-17)16-10-13-6-2-3-7-15(13)20-16/h2-3,6-7,10,14,18H,1,4-5,8-9,11-12H2. The second-order valence-corrected chi connectivity index (χ2v) is 7.28. The minimum atomic E-state index is 0.108. The van der Waals surface area contributed by atoms with Crippen molar-refractivity contribution in [3.8, 4) is 0 Å². The van der Waals surface area contributed by atoms with E-state index in [0.29, 0.717) is 0 Å². The summed E-state index contributed by atoms with van der Waals surface area (Å²) in [7, 11) is 0. The fraction of sp³-hybridized carbons (Fsp3) is 0.529. The molecule has 1 aliphatic carbocycles. The number of hydrogen-bond donors (Lipinski definition) is 1. The molecule has 2 heterocycles. The first kappa shape index (κ1) is 12.8. The molecule has 1 aromatic heterocycles. The molecule has 2 aromatic rings. The van der Waals surface area contributed by atoms with Gasteiger partial charge in [0.05, 0.1) is 5.60 Å². The quantitative estimate of drug-likeness (QED) is 0.846. The third-order valence-electron chi connectivity index (χ3n) is 4.70. The highest BCUT2D eigenvalue weighted by molar-refractivity contribution is 7.19. The molecule has 2 fully saturated rings. The van der Waals surface area contributed by atoms with E-state index in [1.54, 1.807) is 0 Å². The Morgan fingerprint density at radius 3 is 2.85 bits per heavy atom. The van der Waals surface area contributed by atoms with Gasteiger partial charge >= 0.3 is 0 Å². The van der Waals surface area contributed by atoms with Crippen LogP contribution in [0.5, 0.6) is 0 Å². The van der Waals surface area contributed by atoms with Crippen LogP contribution in [0.1, 0.15) is 43.1 Å². The molecule has 1 unspecified atom stereocenters. The molecule has 1 aromatic carbocycles. The molecule has 1 spiro atoms. The van der Waals surface area contributed by atoms with E-state index in [2.05, 4.69) is 35.6 Å². The average molecular weight is 287 g/mol. The van der Waals surface area contributed by atoms with Gasteiger partial charge in [-0.3, -0.25) is 0 Å². The summed E-state index contributed by atoms with van der Waals surface area (Å²) in [6, 6.07) is 10.9. The van der Waals surface area contributed by atoms with Crippen molar-refractivity contribution in [3.05, 3.63) is 35.2 Å². The molecule has 1 saturated carbocycles. The molecule has 0 radical (unpaired) electrons. The number of benzene rings is 1. The maximum absolute atomic E-state index is 6.58. The van der Waals surface area contributed by atoms with Crippen LogP contribution in [0.2, 0.25) is 0 Å². The predicted molar refractivity (Wildman–Crippen MR) is 84.3 cm³/mol. The van der Waals surface area contributed by atoms with E-state index in [1.165, 1.54) is 47.1 Å². The molecule has 1 N–H and O–H groups in total. The number of fused-ring (bicyclic) bond motifs is 1. The zero-order chi connectivity index (χ0) is 13.4. The van der Waals surface area contributed by atoms with E-state index in [9.17, 15) is 0 Å². The van der Waals surface area contributed by atoms with Crippen LogP contribution in [0.4, 0.5) is 0 Å². The summed E-state index contributed by atoms with van der Waals surface area (Å²) in [6.07, 6.45) is 6.70.